The van der Waals surface area contributed by atoms with Crippen molar-refractivity contribution in [3.8, 4) is 5.75 Å². The normalized spacial score (nSPS) is 15.9. The molecule has 0 aliphatic heterocycles. The molecule has 0 radical (unpaired) electrons. The largest absolute Gasteiger partial charge is 0.495 e. The van der Waals surface area contributed by atoms with Gasteiger partial charge in [0.2, 0.25) is 5.91 Å². The van der Waals surface area contributed by atoms with E-state index in [1.807, 2.05) is 0 Å². The van der Waals surface area contributed by atoms with Gasteiger partial charge in [-0.25, -0.2) is 0 Å². The van der Waals surface area contributed by atoms with Crippen molar-refractivity contribution >= 4 is 28.8 Å². The molecule has 0 heterocycles. The summed E-state index contributed by atoms with van der Waals surface area (Å²) in [6.07, 6.45) is 3.31. The number of ether oxygens (including phenoxy) is 2. The molecule has 3 N–H and O–H groups in total. The van der Waals surface area contributed by atoms with Gasteiger partial charge in [-0.2, -0.15) is 0 Å². The first-order valence-electron chi connectivity index (χ1n) is 6.82. The lowest BCUT2D eigenvalue weighted by Gasteiger charge is -2.39. The lowest BCUT2D eigenvalue weighted by Crippen LogP contribution is -2.42. The maximum absolute atomic E-state index is 12.2. The molecule has 114 valence electrons. The maximum atomic E-state index is 12.2. The zero-order valence-electron chi connectivity index (χ0n) is 12.3. The summed E-state index contributed by atoms with van der Waals surface area (Å²) < 4.78 is 10.7. The van der Waals surface area contributed by atoms with Crippen LogP contribution in [0, 0.1) is 0 Å². The molecule has 1 fully saturated rings. The molecular weight excluding hydrogens is 288 g/mol. The highest BCUT2D eigenvalue weighted by atomic mass is 32.1. The second-order valence-electron chi connectivity index (χ2n) is 5.24. The molecule has 1 aromatic rings. The van der Waals surface area contributed by atoms with Gasteiger partial charge in [-0.1, -0.05) is 12.2 Å². The predicted molar refractivity (Wildman–Crippen MR) is 85.7 cm³/mol. The Morgan fingerprint density at radius 3 is 2.62 bits per heavy atom. The van der Waals surface area contributed by atoms with Crippen molar-refractivity contribution in [2.24, 2.45) is 5.73 Å². The van der Waals surface area contributed by atoms with Gasteiger partial charge in [0.1, 0.15) is 10.7 Å². The number of nitrogens with one attached hydrogen (secondary N) is 1. The molecular formula is C15H20N2O3S. The van der Waals surface area contributed by atoms with Crippen LogP contribution in [-0.2, 0) is 9.53 Å². The third-order valence-electron chi connectivity index (χ3n) is 3.94. The summed E-state index contributed by atoms with van der Waals surface area (Å²) in [5.74, 6) is 0.451. The zero-order chi connectivity index (χ0) is 15.5. The first kappa shape index (κ1) is 15.7. The van der Waals surface area contributed by atoms with Gasteiger partial charge < -0.3 is 20.5 Å². The average molecular weight is 308 g/mol. The highest BCUT2D eigenvalue weighted by Crippen LogP contribution is 2.38. The van der Waals surface area contributed by atoms with Crippen LogP contribution in [0.2, 0.25) is 0 Å². The summed E-state index contributed by atoms with van der Waals surface area (Å²) in [5.41, 5.74) is 6.60. The number of benzene rings is 1. The Morgan fingerprint density at radius 1 is 1.43 bits per heavy atom. The third-order valence-corrected chi connectivity index (χ3v) is 4.18. The summed E-state index contributed by atoms with van der Waals surface area (Å²) in [6, 6.07) is 5.22. The van der Waals surface area contributed by atoms with Gasteiger partial charge in [-0.3, -0.25) is 4.79 Å². The van der Waals surface area contributed by atoms with Crippen LogP contribution in [0.5, 0.6) is 5.75 Å². The fraction of sp³-hybridized carbons (Fsp3) is 0.467. The number of carbonyl (C=O) groups is 1. The fourth-order valence-corrected chi connectivity index (χ4v) is 2.59. The number of carbonyl (C=O) groups excluding carboxylic acids is 1. The molecule has 0 saturated heterocycles. The second kappa shape index (κ2) is 6.41. The van der Waals surface area contributed by atoms with Gasteiger partial charge in [-0.05, 0) is 37.5 Å². The van der Waals surface area contributed by atoms with E-state index < -0.39 is 0 Å². The number of anilines is 1. The zero-order valence-corrected chi connectivity index (χ0v) is 13.1. The van der Waals surface area contributed by atoms with E-state index in [-0.39, 0.29) is 11.5 Å². The van der Waals surface area contributed by atoms with Gasteiger partial charge in [0.05, 0.1) is 24.8 Å². The third kappa shape index (κ3) is 3.51. The maximum Gasteiger partial charge on any atom is 0.227 e. The smallest absolute Gasteiger partial charge is 0.227 e. The molecule has 5 nitrogen and oxygen atoms in total. The van der Waals surface area contributed by atoms with Crippen LogP contribution in [0.25, 0.3) is 0 Å². The van der Waals surface area contributed by atoms with E-state index >= 15 is 0 Å². The van der Waals surface area contributed by atoms with E-state index in [1.165, 1.54) is 7.11 Å². The predicted octanol–water partition coefficient (Wildman–Crippen LogP) is 2.23. The van der Waals surface area contributed by atoms with Crippen LogP contribution < -0.4 is 15.8 Å². The number of thiocarbonyl (C=S) groups is 1. The highest BCUT2D eigenvalue weighted by Gasteiger charge is 2.39. The van der Waals surface area contributed by atoms with Crippen LogP contribution in [-0.4, -0.2) is 30.7 Å². The number of hydrogen-bond acceptors (Lipinski definition) is 4. The molecule has 2 rings (SSSR count). The quantitative estimate of drug-likeness (QED) is 0.788. The molecule has 0 bridgehead atoms. The molecule has 0 unspecified atom stereocenters. The van der Waals surface area contributed by atoms with Crippen molar-refractivity contribution in [1.82, 2.24) is 0 Å². The molecule has 1 saturated carbocycles. The Hall–Kier alpha value is -1.66. The van der Waals surface area contributed by atoms with Gasteiger partial charge in [0, 0.05) is 12.7 Å². The first-order valence-corrected chi connectivity index (χ1v) is 7.23. The lowest BCUT2D eigenvalue weighted by molar-refractivity contribution is -0.129. The van der Waals surface area contributed by atoms with E-state index in [0.29, 0.717) is 28.4 Å². The molecule has 21 heavy (non-hydrogen) atoms. The number of hydrogen-bond donors (Lipinski definition) is 2. The van der Waals surface area contributed by atoms with Crippen LogP contribution >= 0.6 is 12.2 Å². The fourth-order valence-electron chi connectivity index (χ4n) is 2.46. The van der Waals surface area contributed by atoms with Crippen LogP contribution in [0.4, 0.5) is 5.69 Å². The Morgan fingerprint density at radius 2 is 2.14 bits per heavy atom. The van der Waals surface area contributed by atoms with Crippen molar-refractivity contribution in [3.63, 3.8) is 0 Å². The second-order valence-corrected chi connectivity index (χ2v) is 5.68. The Kier molecular flexibility index (Phi) is 4.80. The van der Waals surface area contributed by atoms with Crippen molar-refractivity contribution in [1.29, 1.82) is 0 Å². The van der Waals surface area contributed by atoms with E-state index in [9.17, 15) is 4.79 Å². The average Bonchev–Trinajstić information content (AvgIpc) is 2.43. The number of amides is 1. The van der Waals surface area contributed by atoms with Gasteiger partial charge in [0.15, 0.2) is 0 Å². The monoisotopic (exact) mass is 308 g/mol. The summed E-state index contributed by atoms with van der Waals surface area (Å²) in [4.78, 5) is 12.5. The van der Waals surface area contributed by atoms with Crippen LogP contribution in [0.3, 0.4) is 0 Å². The summed E-state index contributed by atoms with van der Waals surface area (Å²) in [6.45, 7) is 0. The summed E-state index contributed by atoms with van der Waals surface area (Å²) in [7, 11) is 3.20. The SMILES string of the molecule is COc1cc(C(N)=S)ccc1NC(=O)CC1(OC)CCC1. The van der Waals surface area contributed by atoms with Crippen LogP contribution in [0.1, 0.15) is 31.2 Å². The first-order chi connectivity index (χ1) is 9.99. The van der Waals surface area contributed by atoms with Crippen molar-refractivity contribution in [2.75, 3.05) is 19.5 Å². The van der Waals surface area contributed by atoms with Crippen molar-refractivity contribution in [2.45, 2.75) is 31.3 Å². The minimum absolute atomic E-state index is 0.0853. The van der Waals surface area contributed by atoms with Gasteiger partial charge >= 0.3 is 0 Å². The van der Waals surface area contributed by atoms with E-state index in [4.69, 9.17) is 27.4 Å². The summed E-state index contributed by atoms with van der Waals surface area (Å²) in [5, 5.41) is 2.86. The summed E-state index contributed by atoms with van der Waals surface area (Å²) >= 11 is 4.93. The molecule has 1 aromatic carbocycles. The molecule has 0 spiro atoms. The number of rotatable bonds is 6. The Bertz CT molecular complexity index is 550. The number of nitrogens with two attached hydrogens (primary N) is 1. The van der Waals surface area contributed by atoms with E-state index in [0.717, 1.165) is 19.3 Å². The molecule has 6 heteroatoms. The van der Waals surface area contributed by atoms with Crippen LogP contribution in [0.15, 0.2) is 18.2 Å². The molecule has 1 aliphatic carbocycles. The Labute approximate surface area is 129 Å². The number of methoxy groups -OCH3 is 2. The van der Waals surface area contributed by atoms with E-state index in [1.54, 1.807) is 25.3 Å². The highest BCUT2D eigenvalue weighted by molar-refractivity contribution is 7.80. The van der Waals surface area contributed by atoms with Gasteiger partial charge in [-0.15, -0.1) is 0 Å². The van der Waals surface area contributed by atoms with Gasteiger partial charge in [0.25, 0.3) is 0 Å². The topological polar surface area (TPSA) is 73.6 Å². The minimum Gasteiger partial charge on any atom is -0.495 e. The standard InChI is InChI=1S/C15H20N2O3S/c1-19-12-8-10(14(16)21)4-5-11(12)17-13(18)9-15(20-2)6-3-7-15/h4-5,8H,3,6-7,9H2,1-2H3,(H2,16,21)(H,17,18). The molecule has 0 aromatic heterocycles. The minimum atomic E-state index is -0.296. The Balaban J connectivity index is 2.08. The lowest BCUT2D eigenvalue weighted by atomic mass is 9.77. The molecule has 1 amide bonds. The van der Waals surface area contributed by atoms with Crippen molar-refractivity contribution in [3.05, 3.63) is 23.8 Å². The van der Waals surface area contributed by atoms with Crippen molar-refractivity contribution < 1.29 is 14.3 Å². The molecule has 0 atom stereocenters. The molecule has 1 aliphatic rings. The van der Waals surface area contributed by atoms with E-state index in [2.05, 4.69) is 5.32 Å².